The van der Waals surface area contributed by atoms with Gasteiger partial charge in [-0.25, -0.2) is 0 Å². The van der Waals surface area contributed by atoms with E-state index in [1.807, 2.05) is 0 Å². The van der Waals surface area contributed by atoms with Crippen molar-refractivity contribution in [3.8, 4) is 11.5 Å². The first-order valence-corrected chi connectivity index (χ1v) is 11.3. The Balaban J connectivity index is 2.17. The van der Waals surface area contributed by atoms with Gasteiger partial charge in [-0.3, -0.25) is 0 Å². The van der Waals surface area contributed by atoms with Gasteiger partial charge in [0.25, 0.3) is 0 Å². The first-order valence-electron chi connectivity index (χ1n) is 8.75. The Kier molecular flexibility index (Phi) is 5.30. The van der Waals surface area contributed by atoms with Crippen molar-refractivity contribution >= 4 is 17.9 Å². The number of hydrogen-bond acceptors (Lipinski definition) is 2. The summed E-state index contributed by atoms with van der Waals surface area (Å²) in [6.45, 7) is 4.72. The van der Waals surface area contributed by atoms with Crippen molar-refractivity contribution in [3.05, 3.63) is 71.6 Å². The summed E-state index contributed by atoms with van der Waals surface area (Å²) in [7, 11) is 1.41. The van der Waals surface area contributed by atoms with Crippen LogP contribution in [0.3, 0.4) is 0 Å². The van der Waals surface area contributed by atoms with Gasteiger partial charge in [-0.1, -0.05) is 0 Å². The fourth-order valence-electron chi connectivity index (χ4n) is 3.79. The Bertz CT molecular complexity index is 738. The Morgan fingerprint density at radius 3 is 1.68 bits per heavy atom. The maximum absolute atomic E-state index is 5.36. The zero-order valence-corrected chi connectivity index (χ0v) is 16.5. The van der Waals surface area contributed by atoms with Gasteiger partial charge in [-0.05, 0) is 0 Å². The van der Waals surface area contributed by atoms with E-state index >= 15 is 0 Å². The summed E-state index contributed by atoms with van der Waals surface area (Å²) >= 11 is 0. The first-order chi connectivity index (χ1) is 12.1. The minimum absolute atomic E-state index is 0.907. The molecule has 1 aliphatic rings. The number of benzene rings is 2. The molecule has 132 valence electrons. The van der Waals surface area contributed by atoms with Crippen molar-refractivity contribution in [2.24, 2.45) is 0 Å². The second kappa shape index (κ2) is 7.45. The minimum atomic E-state index is -2.02. The first kappa shape index (κ1) is 17.8. The SMILES string of the molecule is COc1ccc([PH](C)(C2=C(C)C=CCC2)c2ccc(OC)cc2)cc1. The predicted octanol–water partition coefficient (Wildman–Crippen LogP) is 4.66. The Morgan fingerprint density at radius 1 is 0.800 bits per heavy atom. The fourth-order valence-corrected chi connectivity index (χ4v) is 8.01. The average Bonchev–Trinajstić information content (AvgIpc) is 2.68. The normalized spacial score (nSPS) is 15.2. The summed E-state index contributed by atoms with van der Waals surface area (Å²) in [4.78, 5) is 0. The van der Waals surface area contributed by atoms with Crippen molar-refractivity contribution in [2.45, 2.75) is 19.8 Å². The summed E-state index contributed by atoms with van der Waals surface area (Å²) in [6.07, 6.45) is 6.84. The number of hydrogen-bond donors (Lipinski definition) is 0. The number of ether oxygens (including phenoxy) is 2. The predicted molar refractivity (Wildman–Crippen MR) is 111 cm³/mol. The van der Waals surface area contributed by atoms with E-state index in [0.717, 1.165) is 24.3 Å². The van der Waals surface area contributed by atoms with Crippen LogP contribution >= 0.6 is 7.26 Å². The maximum atomic E-state index is 5.36. The van der Waals surface area contributed by atoms with E-state index in [9.17, 15) is 0 Å². The third kappa shape index (κ3) is 3.37. The molecule has 0 saturated heterocycles. The van der Waals surface area contributed by atoms with Crippen molar-refractivity contribution in [1.29, 1.82) is 0 Å². The molecule has 0 aliphatic heterocycles. The quantitative estimate of drug-likeness (QED) is 0.727. The molecule has 3 heteroatoms. The second-order valence-electron chi connectivity index (χ2n) is 6.68. The third-order valence-corrected chi connectivity index (χ3v) is 10.2. The van der Waals surface area contributed by atoms with Crippen LogP contribution in [0.4, 0.5) is 0 Å². The van der Waals surface area contributed by atoms with Gasteiger partial charge in [0.2, 0.25) is 0 Å². The van der Waals surface area contributed by atoms with Gasteiger partial charge in [0.15, 0.2) is 0 Å². The van der Waals surface area contributed by atoms with Crippen LogP contribution in [-0.2, 0) is 0 Å². The number of rotatable bonds is 5. The van der Waals surface area contributed by atoms with E-state index in [1.54, 1.807) is 19.5 Å². The van der Waals surface area contributed by atoms with Crippen LogP contribution in [0.2, 0.25) is 0 Å². The average molecular weight is 354 g/mol. The van der Waals surface area contributed by atoms with Gasteiger partial charge in [-0.15, -0.1) is 0 Å². The molecule has 0 amide bonds. The van der Waals surface area contributed by atoms with E-state index in [-0.39, 0.29) is 0 Å². The van der Waals surface area contributed by atoms with Crippen molar-refractivity contribution in [3.63, 3.8) is 0 Å². The number of allylic oxidation sites excluding steroid dienone is 4. The summed E-state index contributed by atoms with van der Waals surface area (Å²) < 4.78 is 10.7. The third-order valence-electron chi connectivity index (χ3n) is 5.34. The fraction of sp³-hybridized carbons (Fsp3) is 0.273. The van der Waals surface area contributed by atoms with Crippen LogP contribution in [-0.4, -0.2) is 20.9 Å². The Labute approximate surface area is 151 Å². The Hall–Kier alpha value is -2.05. The molecule has 0 heterocycles. The van der Waals surface area contributed by atoms with Crippen LogP contribution in [0, 0.1) is 0 Å². The van der Waals surface area contributed by atoms with Gasteiger partial charge in [-0.2, -0.15) is 0 Å². The molecule has 0 unspecified atom stereocenters. The molecule has 0 spiro atoms. The second-order valence-corrected chi connectivity index (χ2v) is 10.7. The molecule has 2 aromatic rings. The van der Waals surface area contributed by atoms with Gasteiger partial charge < -0.3 is 0 Å². The molecular formula is C22H27O2P. The van der Waals surface area contributed by atoms with E-state index in [4.69, 9.17) is 9.47 Å². The van der Waals surface area contributed by atoms with Gasteiger partial charge in [0.05, 0.1) is 0 Å². The van der Waals surface area contributed by atoms with Crippen LogP contribution in [0.15, 0.2) is 71.6 Å². The van der Waals surface area contributed by atoms with Gasteiger partial charge >= 0.3 is 151 Å². The standard InChI is InChI=1S/C22H27O2P/c1-17-7-5-6-8-22(17)25(4,20-13-9-18(23-2)10-14-20)21-15-11-19(24-3)12-16-21/h5,7,9-16,25H,6,8H2,1-4H3. The molecule has 0 N–H and O–H groups in total. The van der Waals surface area contributed by atoms with Gasteiger partial charge in [0, 0.05) is 0 Å². The molecule has 0 saturated carbocycles. The molecular weight excluding hydrogens is 327 g/mol. The molecule has 0 aromatic heterocycles. The summed E-state index contributed by atoms with van der Waals surface area (Å²) in [5.41, 5.74) is 1.42. The molecule has 0 atom stereocenters. The summed E-state index contributed by atoms with van der Waals surface area (Å²) in [6, 6.07) is 17.3. The van der Waals surface area contributed by atoms with E-state index in [0.29, 0.717) is 0 Å². The zero-order valence-electron chi connectivity index (χ0n) is 15.5. The monoisotopic (exact) mass is 354 g/mol. The van der Waals surface area contributed by atoms with Crippen molar-refractivity contribution < 1.29 is 9.47 Å². The van der Waals surface area contributed by atoms with E-state index in [2.05, 4.69) is 74.3 Å². The molecule has 0 bridgehead atoms. The molecule has 2 nitrogen and oxygen atoms in total. The molecule has 0 fully saturated rings. The van der Waals surface area contributed by atoms with Crippen LogP contribution in [0.5, 0.6) is 11.5 Å². The Morgan fingerprint density at radius 2 is 1.28 bits per heavy atom. The van der Waals surface area contributed by atoms with Crippen LogP contribution < -0.4 is 20.1 Å². The van der Waals surface area contributed by atoms with Crippen LogP contribution in [0.1, 0.15) is 19.8 Å². The molecule has 1 aliphatic carbocycles. The zero-order chi connectivity index (χ0) is 17.9. The molecule has 25 heavy (non-hydrogen) atoms. The summed E-state index contributed by atoms with van der Waals surface area (Å²) in [5, 5.41) is 4.46. The van der Waals surface area contributed by atoms with E-state index in [1.165, 1.54) is 16.2 Å². The van der Waals surface area contributed by atoms with Crippen molar-refractivity contribution in [2.75, 3.05) is 20.9 Å². The van der Waals surface area contributed by atoms with Crippen molar-refractivity contribution in [1.82, 2.24) is 0 Å². The van der Waals surface area contributed by atoms with Gasteiger partial charge in [0.1, 0.15) is 0 Å². The topological polar surface area (TPSA) is 18.5 Å². The number of methoxy groups -OCH3 is 2. The van der Waals surface area contributed by atoms with Crippen LogP contribution in [0.25, 0.3) is 0 Å². The van der Waals surface area contributed by atoms with E-state index < -0.39 is 7.26 Å². The molecule has 3 rings (SSSR count). The molecule has 0 radical (unpaired) electrons. The molecule has 2 aromatic carbocycles. The summed E-state index contributed by atoms with van der Waals surface area (Å²) in [5.74, 6) is 1.81.